The van der Waals surface area contributed by atoms with Gasteiger partial charge in [-0.15, -0.1) is 0 Å². The van der Waals surface area contributed by atoms with E-state index in [2.05, 4.69) is 10.6 Å². The molecule has 1 unspecified atom stereocenters. The van der Waals surface area contributed by atoms with E-state index in [-0.39, 0.29) is 12.5 Å². The molecule has 1 saturated heterocycles. The Hall–Kier alpha value is -0.610. The van der Waals surface area contributed by atoms with Crippen molar-refractivity contribution in [1.82, 2.24) is 10.6 Å². The third kappa shape index (κ3) is 4.58. The molecule has 1 amide bonds. The van der Waals surface area contributed by atoms with Crippen LogP contribution in [-0.4, -0.2) is 38.8 Å². The summed E-state index contributed by atoms with van der Waals surface area (Å²) in [4.78, 5) is 11.0. The SMILES string of the molecule is CCNC(=O)COCCC1CCNC1. The maximum absolute atomic E-state index is 11.0. The number of hydrogen-bond donors (Lipinski definition) is 2. The molecule has 14 heavy (non-hydrogen) atoms. The van der Waals surface area contributed by atoms with Gasteiger partial charge in [0.05, 0.1) is 0 Å². The lowest BCUT2D eigenvalue weighted by atomic mass is 10.1. The van der Waals surface area contributed by atoms with Crippen LogP contribution in [0.15, 0.2) is 0 Å². The second-order valence-electron chi connectivity index (χ2n) is 3.65. The normalized spacial score (nSPS) is 21.1. The van der Waals surface area contributed by atoms with Gasteiger partial charge in [0.25, 0.3) is 0 Å². The van der Waals surface area contributed by atoms with E-state index < -0.39 is 0 Å². The molecule has 0 spiro atoms. The van der Waals surface area contributed by atoms with Crippen molar-refractivity contribution in [2.75, 3.05) is 32.8 Å². The average Bonchev–Trinajstić information content (AvgIpc) is 2.65. The van der Waals surface area contributed by atoms with Crippen molar-refractivity contribution in [2.45, 2.75) is 19.8 Å². The second-order valence-corrected chi connectivity index (χ2v) is 3.65. The standard InChI is InChI=1S/C10H20N2O2/c1-2-12-10(13)8-14-6-4-9-3-5-11-7-9/h9,11H,2-8H2,1H3,(H,12,13). The third-order valence-corrected chi connectivity index (χ3v) is 2.44. The molecule has 4 heteroatoms. The van der Waals surface area contributed by atoms with Crippen LogP contribution < -0.4 is 10.6 Å². The Morgan fingerprint density at radius 3 is 3.14 bits per heavy atom. The summed E-state index contributed by atoms with van der Waals surface area (Å²) in [5.41, 5.74) is 0. The fourth-order valence-corrected chi connectivity index (χ4v) is 1.62. The molecule has 1 fully saturated rings. The molecule has 0 aromatic rings. The molecule has 0 aromatic carbocycles. The quantitative estimate of drug-likeness (QED) is 0.600. The Morgan fingerprint density at radius 2 is 2.50 bits per heavy atom. The molecule has 4 nitrogen and oxygen atoms in total. The van der Waals surface area contributed by atoms with Gasteiger partial charge in [-0.05, 0) is 38.8 Å². The highest BCUT2D eigenvalue weighted by Crippen LogP contribution is 2.11. The summed E-state index contributed by atoms with van der Waals surface area (Å²) >= 11 is 0. The number of hydrogen-bond acceptors (Lipinski definition) is 3. The molecule has 0 aromatic heterocycles. The van der Waals surface area contributed by atoms with Gasteiger partial charge in [0, 0.05) is 13.2 Å². The van der Waals surface area contributed by atoms with Crippen molar-refractivity contribution in [3.05, 3.63) is 0 Å². The molecule has 1 aliphatic heterocycles. The van der Waals surface area contributed by atoms with Crippen LogP contribution in [0.3, 0.4) is 0 Å². The molecule has 1 atom stereocenters. The Kier molecular flexibility index (Phi) is 5.56. The topological polar surface area (TPSA) is 50.4 Å². The molecule has 1 rings (SSSR count). The number of nitrogens with one attached hydrogen (secondary N) is 2. The van der Waals surface area contributed by atoms with Crippen LogP contribution in [-0.2, 0) is 9.53 Å². The van der Waals surface area contributed by atoms with Crippen LogP contribution in [0, 0.1) is 5.92 Å². The summed E-state index contributed by atoms with van der Waals surface area (Å²) in [6.45, 7) is 5.71. The van der Waals surface area contributed by atoms with Gasteiger partial charge in [-0.25, -0.2) is 0 Å². The van der Waals surface area contributed by atoms with E-state index in [9.17, 15) is 4.79 Å². The molecule has 1 aliphatic rings. The fourth-order valence-electron chi connectivity index (χ4n) is 1.62. The van der Waals surface area contributed by atoms with E-state index in [4.69, 9.17) is 4.74 Å². The molecule has 82 valence electrons. The minimum Gasteiger partial charge on any atom is -0.372 e. The largest absolute Gasteiger partial charge is 0.372 e. The van der Waals surface area contributed by atoms with Crippen molar-refractivity contribution in [1.29, 1.82) is 0 Å². The van der Waals surface area contributed by atoms with Crippen molar-refractivity contribution >= 4 is 5.91 Å². The Bertz CT molecular complexity index is 168. The van der Waals surface area contributed by atoms with E-state index in [0.29, 0.717) is 13.2 Å². The lowest BCUT2D eigenvalue weighted by Crippen LogP contribution is -2.27. The van der Waals surface area contributed by atoms with E-state index >= 15 is 0 Å². The van der Waals surface area contributed by atoms with Crippen LogP contribution in [0.2, 0.25) is 0 Å². The molecular weight excluding hydrogens is 180 g/mol. The summed E-state index contributed by atoms with van der Waals surface area (Å²) in [6, 6.07) is 0. The number of carbonyl (C=O) groups is 1. The van der Waals surface area contributed by atoms with Crippen LogP contribution >= 0.6 is 0 Å². The summed E-state index contributed by atoms with van der Waals surface area (Å²) in [5, 5.41) is 6.01. The predicted molar refractivity (Wildman–Crippen MR) is 55.1 cm³/mol. The highest BCUT2D eigenvalue weighted by atomic mass is 16.5. The lowest BCUT2D eigenvalue weighted by Gasteiger charge is -2.08. The van der Waals surface area contributed by atoms with Crippen LogP contribution in [0.5, 0.6) is 0 Å². The number of ether oxygens (including phenoxy) is 1. The molecule has 0 saturated carbocycles. The molecule has 2 N–H and O–H groups in total. The Balaban J connectivity index is 1.90. The molecule has 0 bridgehead atoms. The van der Waals surface area contributed by atoms with Crippen molar-refractivity contribution in [3.63, 3.8) is 0 Å². The zero-order valence-electron chi connectivity index (χ0n) is 8.84. The number of carbonyl (C=O) groups excluding carboxylic acids is 1. The van der Waals surface area contributed by atoms with Gasteiger partial charge in [0.2, 0.25) is 5.91 Å². The summed E-state index contributed by atoms with van der Waals surface area (Å²) in [6.07, 6.45) is 2.30. The first-order chi connectivity index (χ1) is 6.83. The third-order valence-electron chi connectivity index (χ3n) is 2.44. The molecule has 0 radical (unpaired) electrons. The Morgan fingerprint density at radius 1 is 1.64 bits per heavy atom. The highest BCUT2D eigenvalue weighted by Gasteiger charge is 2.13. The smallest absolute Gasteiger partial charge is 0.245 e. The minimum atomic E-state index is -0.0166. The van der Waals surface area contributed by atoms with Gasteiger partial charge in [0.15, 0.2) is 0 Å². The van der Waals surface area contributed by atoms with Crippen LogP contribution in [0.4, 0.5) is 0 Å². The first-order valence-corrected chi connectivity index (χ1v) is 5.38. The minimum absolute atomic E-state index is 0.0166. The first kappa shape index (κ1) is 11.5. The zero-order valence-corrected chi connectivity index (χ0v) is 8.84. The maximum atomic E-state index is 11.0. The average molecular weight is 200 g/mol. The van der Waals surface area contributed by atoms with Gasteiger partial charge in [0.1, 0.15) is 6.61 Å². The molecule has 1 heterocycles. The van der Waals surface area contributed by atoms with Crippen LogP contribution in [0.25, 0.3) is 0 Å². The van der Waals surface area contributed by atoms with E-state index in [1.54, 1.807) is 0 Å². The zero-order chi connectivity index (χ0) is 10.2. The first-order valence-electron chi connectivity index (χ1n) is 5.38. The van der Waals surface area contributed by atoms with Gasteiger partial charge < -0.3 is 15.4 Å². The van der Waals surface area contributed by atoms with Crippen molar-refractivity contribution in [2.24, 2.45) is 5.92 Å². The monoisotopic (exact) mass is 200 g/mol. The van der Waals surface area contributed by atoms with Gasteiger partial charge in [-0.1, -0.05) is 0 Å². The predicted octanol–water partition coefficient (Wildman–Crippen LogP) is 0.139. The highest BCUT2D eigenvalue weighted by molar-refractivity contribution is 5.77. The van der Waals surface area contributed by atoms with Gasteiger partial charge in [-0.3, -0.25) is 4.79 Å². The Labute approximate surface area is 85.4 Å². The summed E-state index contributed by atoms with van der Waals surface area (Å²) in [5.74, 6) is 0.723. The molecular formula is C10H20N2O2. The second kappa shape index (κ2) is 6.79. The maximum Gasteiger partial charge on any atom is 0.245 e. The molecule has 0 aliphatic carbocycles. The van der Waals surface area contributed by atoms with Crippen LogP contribution in [0.1, 0.15) is 19.8 Å². The van der Waals surface area contributed by atoms with Crippen molar-refractivity contribution in [3.8, 4) is 0 Å². The number of likely N-dealkylation sites (N-methyl/N-ethyl adjacent to an activating group) is 1. The number of rotatable bonds is 6. The fraction of sp³-hybridized carbons (Fsp3) is 0.900. The van der Waals surface area contributed by atoms with E-state index in [1.165, 1.54) is 6.42 Å². The number of amides is 1. The lowest BCUT2D eigenvalue weighted by molar-refractivity contribution is -0.125. The van der Waals surface area contributed by atoms with Crippen molar-refractivity contribution < 1.29 is 9.53 Å². The van der Waals surface area contributed by atoms with Gasteiger partial charge >= 0.3 is 0 Å². The summed E-state index contributed by atoms with van der Waals surface area (Å²) in [7, 11) is 0. The van der Waals surface area contributed by atoms with E-state index in [0.717, 1.165) is 25.4 Å². The summed E-state index contributed by atoms with van der Waals surface area (Å²) < 4.78 is 5.27. The van der Waals surface area contributed by atoms with Gasteiger partial charge in [-0.2, -0.15) is 0 Å². The van der Waals surface area contributed by atoms with E-state index in [1.807, 2.05) is 6.92 Å².